The number of aliphatic imine (C=N–C) groups is 3. The lowest BCUT2D eigenvalue weighted by molar-refractivity contribution is -0.142. The Morgan fingerprint density at radius 3 is 1.76 bits per heavy atom. The predicted octanol–water partition coefficient (Wildman–Crippen LogP) is -5.01. The summed E-state index contributed by atoms with van der Waals surface area (Å²) in [5.41, 5.74) is 46.8. The molecule has 518 valence electrons. The van der Waals surface area contributed by atoms with Gasteiger partial charge in [0.25, 0.3) is 0 Å². The van der Waals surface area contributed by atoms with Crippen molar-refractivity contribution < 1.29 is 57.8 Å². The van der Waals surface area contributed by atoms with Crippen LogP contribution in [0.3, 0.4) is 0 Å². The van der Waals surface area contributed by atoms with Gasteiger partial charge in [-0.3, -0.25) is 67.7 Å². The highest BCUT2D eigenvalue weighted by Crippen LogP contribution is 2.39. The molecular weight excluding hydrogens is 1260 g/mol. The first-order chi connectivity index (χ1) is 44.5. The average Bonchev–Trinajstić information content (AvgIpc) is 1.73. The number of primary amides is 1. The van der Waals surface area contributed by atoms with Crippen LogP contribution in [0.5, 0.6) is 5.75 Å². The molecule has 0 bridgehead atoms. The number of carbonyl (C=O) groups is 11. The highest BCUT2D eigenvalue weighted by Gasteiger charge is 2.43. The number of nitrogens with one attached hydrogen (secondary N) is 9. The van der Waals surface area contributed by atoms with Crippen LogP contribution in [0.2, 0.25) is 0 Å². The number of nitrogens with zero attached hydrogens (tertiary/aromatic N) is 4. The molecule has 2 fully saturated rings. The zero-order valence-electron chi connectivity index (χ0n) is 53.4. The molecule has 4 rings (SSSR count). The van der Waals surface area contributed by atoms with Crippen LogP contribution < -0.4 is 93.7 Å². The Labute approximate surface area is 553 Å². The van der Waals surface area contributed by atoms with E-state index in [1.54, 1.807) is 70.2 Å². The maximum Gasteiger partial charge on any atom is 0.245 e. The molecule has 0 unspecified atom stereocenters. The van der Waals surface area contributed by atoms with Crippen LogP contribution in [0.4, 0.5) is 0 Å². The number of fused-ring (bicyclic) bond motifs is 1. The number of amides is 11. The zero-order chi connectivity index (χ0) is 69.7. The first-order valence-corrected chi connectivity index (χ1v) is 33.1. The smallest absolute Gasteiger partial charge is 0.245 e. The fourth-order valence-corrected chi connectivity index (χ4v) is 12.8. The second kappa shape index (κ2) is 38.8. The molecule has 0 radical (unpaired) electrons. The van der Waals surface area contributed by atoms with Gasteiger partial charge in [0.1, 0.15) is 54.1 Å². The van der Waals surface area contributed by atoms with Crippen molar-refractivity contribution in [3.63, 3.8) is 0 Å². The number of phenolic OH excluding ortho intramolecular Hbond substituents is 1. The molecule has 2 saturated heterocycles. The molecule has 94 heavy (non-hydrogen) atoms. The minimum Gasteiger partial charge on any atom is -0.508 e. The SMILES string of the molecule is CC[C@H](C)[C@@H]1NC(=O)[C@H](CCCN=C(N)N)NC(=O)[C@H](CCCN=C(N)N)NC(=O)[C@@H](NC(=O)[C@H](Cc2ccccc2)NC(=O)CNC(=O)CNC(=O)[C@@H](N)Cc2ccc(O)cc2)C(C)(C)SSC[C@@H](C(N)=O)NC(=O)[C@@H]2CCCN2C(=O)[C@H](CCCN=C(N)N)NC1=O. The summed E-state index contributed by atoms with van der Waals surface area (Å²) in [6.07, 6.45) is 0.818. The fourth-order valence-electron chi connectivity index (χ4n) is 9.94. The van der Waals surface area contributed by atoms with E-state index in [2.05, 4.69) is 62.8 Å². The van der Waals surface area contributed by atoms with Gasteiger partial charge in [-0.25, -0.2) is 0 Å². The summed E-state index contributed by atoms with van der Waals surface area (Å²) >= 11 is 0. The van der Waals surface area contributed by atoms with Gasteiger partial charge in [-0.15, -0.1) is 0 Å². The van der Waals surface area contributed by atoms with Crippen molar-refractivity contribution in [2.75, 3.05) is 45.0 Å². The van der Waals surface area contributed by atoms with Crippen LogP contribution >= 0.6 is 21.6 Å². The Kier molecular flexibility index (Phi) is 31.9. The van der Waals surface area contributed by atoms with E-state index in [1.807, 2.05) is 0 Å². The molecule has 0 spiro atoms. The van der Waals surface area contributed by atoms with Crippen molar-refractivity contribution >= 4 is 104 Å². The Bertz CT molecular complexity index is 3020. The first kappa shape index (κ1) is 77.3. The third-order valence-electron chi connectivity index (χ3n) is 15.3. The molecular formula is C59H93N21O12S2. The standard InChI is InChI=1S/C59H93N21O12S2/c1-5-32(2)45-53(90)76-39(17-11-25-70-58(66)67)55(92)80-26-12-18-42(80)52(89)77-41(47(61)84)31-93-94-59(3,4)46(54(91)75-37(15-9-23-68-56(62)63)49(86)74-38(50(87)78-45)16-10-24-69-57(64)65)79-51(88)40(28-33-13-7-6-8-14-33)73-44(83)30-71-43(82)29-72-48(85)36(60)27-34-19-21-35(81)22-20-34/h6-8,13-14,19-22,32,36-42,45-46,81H,5,9-12,15-18,23-31,60H2,1-4H3,(H2,61,84)(H,71,82)(H,72,85)(H,73,83)(H,74,86)(H,75,91)(H,76,90)(H,77,89)(H,78,87)(H,79,88)(H4,62,63,68)(H4,64,65,69)(H4,66,67,70)/t32-,36-,37-,38-,39-,40-,41-,42-,45-,46+/m0/s1. The molecule has 33 nitrogen and oxygen atoms in total. The maximum absolute atomic E-state index is 15.3. The summed E-state index contributed by atoms with van der Waals surface area (Å²) in [6, 6.07) is 2.28. The molecule has 0 saturated carbocycles. The van der Waals surface area contributed by atoms with Crippen LogP contribution in [0.1, 0.15) is 96.6 Å². The summed E-state index contributed by atoms with van der Waals surface area (Å²) in [5, 5.41) is 33.5. The van der Waals surface area contributed by atoms with Gasteiger partial charge in [0.2, 0.25) is 65.0 Å². The quantitative estimate of drug-likeness (QED) is 0.0172. The molecule has 0 aliphatic carbocycles. The summed E-state index contributed by atoms with van der Waals surface area (Å²) in [4.78, 5) is 169. The number of phenols is 1. The van der Waals surface area contributed by atoms with E-state index in [1.165, 1.54) is 17.0 Å². The van der Waals surface area contributed by atoms with E-state index in [4.69, 9.17) is 45.9 Å². The van der Waals surface area contributed by atoms with Crippen LogP contribution in [-0.2, 0) is 65.6 Å². The molecule has 2 aliphatic heterocycles. The van der Waals surface area contributed by atoms with E-state index >= 15 is 4.79 Å². The second-order valence-electron chi connectivity index (χ2n) is 23.2. The maximum atomic E-state index is 15.3. The largest absolute Gasteiger partial charge is 0.508 e. The molecule has 11 amide bonds. The summed E-state index contributed by atoms with van der Waals surface area (Å²) < 4.78 is -1.46. The lowest BCUT2D eigenvalue weighted by atomic mass is 9.96. The van der Waals surface area contributed by atoms with Crippen LogP contribution in [0, 0.1) is 5.92 Å². The molecule has 26 N–H and O–H groups in total. The summed E-state index contributed by atoms with van der Waals surface area (Å²) in [6.45, 7) is 5.47. The number of hydrogen-bond acceptors (Lipinski definition) is 18. The molecule has 2 aromatic rings. The normalized spacial score (nSPS) is 21.7. The van der Waals surface area contributed by atoms with Crippen molar-refractivity contribution in [2.24, 2.45) is 66.8 Å². The zero-order valence-corrected chi connectivity index (χ0v) is 55.0. The van der Waals surface area contributed by atoms with E-state index < -0.39 is 143 Å². The number of carbonyl (C=O) groups excluding carboxylic acids is 11. The third kappa shape index (κ3) is 26.5. The molecule has 2 aliphatic rings. The first-order valence-electron chi connectivity index (χ1n) is 30.8. The highest BCUT2D eigenvalue weighted by molar-refractivity contribution is 8.77. The van der Waals surface area contributed by atoms with E-state index in [0.717, 1.165) is 21.6 Å². The van der Waals surface area contributed by atoms with E-state index in [-0.39, 0.29) is 113 Å². The molecule has 2 heterocycles. The minimum absolute atomic E-state index is 0.00159. The number of guanidine groups is 3. The van der Waals surface area contributed by atoms with Gasteiger partial charge in [-0.2, -0.15) is 0 Å². The number of nitrogens with two attached hydrogens (primary N) is 8. The average molecular weight is 1350 g/mol. The summed E-state index contributed by atoms with van der Waals surface area (Å²) in [5.74, 6) is -10.6. The molecule has 2 aromatic carbocycles. The van der Waals surface area contributed by atoms with Crippen molar-refractivity contribution in [1.29, 1.82) is 0 Å². The van der Waals surface area contributed by atoms with Crippen molar-refractivity contribution in [3.05, 3.63) is 65.7 Å². The van der Waals surface area contributed by atoms with Gasteiger partial charge < -0.3 is 104 Å². The van der Waals surface area contributed by atoms with Gasteiger partial charge >= 0.3 is 0 Å². The lowest BCUT2D eigenvalue weighted by Crippen LogP contribution is -2.63. The number of hydrogen-bond donors (Lipinski definition) is 18. The monoisotopic (exact) mass is 1350 g/mol. The van der Waals surface area contributed by atoms with Crippen LogP contribution in [0.15, 0.2) is 69.6 Å². The lowest BCUT2D eigenvalue weighted by Gasteiger charge is -2.35. The molecule has 0 aromatic heterocycles. The van der Waals surface area contributed by atoms with Gasteiger partial charge in [0.05, 0.1) is 19.1 Å². The van der Waals surface area contributed by atoms with Crippen LogP contribution in [-0.4, -0.2) is 197 Å². The van der Waals surface area contributed by atoms with Gasteiger partial charge in [0.15, 0.2) is 17.9 Å². The Morgan fingerprint density at radius 1 is 0.660 bits per heavy atom. The van der Waals surface area contributed by atoms with E-state index in [9.17, 15) is 53.1 Å². The number of benzene rings is 2. The minimum atomic E-state index is -1.65. The second-order valence-corrected chi connectivity index (χ2v) is 26.2. The Hall–Kier alpha value is -9.12. The van der Waals surface area contributed by atoms with Crippen molar-refractivity contribution in [1.82, 2.24) is 52.8 Å². The van der Waals surface area contributed by atoms with Gasteiger partial charge in [-0.1, -0.05) is 84.3 Å². The topological polar surface area (TPSA) is 565 Å². The van der Waals surface area contributed by atoms with E-state index in [0.29, 0.717) is 24.0 Å². The Morgan fingerprint density at radius 2 is 1.19 bits per heavy atom. The Balaban J connectivity index is 1.78. The molecule has 35 heteroatoms. The highest BCUT2D eigenvalue weighted by atomic mass is 33.1. The van der Waals surface area contributed by atoms with Gasteiger partial charge in [0, 0.05) is 43.1 Å². The number of rotatable bonds is 27. The van der Waals surface area contributed by atoms with Crippen molar-refractivity contribution in [2.45, 2.75) is 157 Å². The van der Waals surface area contributed by atoms with Crippen LogP contribution in [0.25, 0.3) is 0 Å². The predicted molar refractivity (Wildman–Crippen MR) is 357 cm³/mol. The third-order valence-corrected chi connectivity index (χ3v) is 18.6. The van der Waals surface area contributed by atoms with Gasteiger partial charge in [-0.05, 0) is 101 Å². The summed E-state index contributed by atoms with van der Waals surface area (Å²) in [7, 11) is 1.96. The number of aromatic hydroxyl groups is 1. The van der Waals surface area contributed by atoms with Crippen molar-refractivity contribution in [3.8, 4) is 5.75 Å². The molecule has 10 atom stereocenters. The fraction of sp³-hybridized carbons (Fsp3) is 0.559.